The summed E-state index contributed by atoms with van der Waals surface area (Å²) in [6, 6.07) is 0. The minimum absolute atomic E-state index is 0.244. The van der Waals surface area contributed by atoms with E-state index in [4.69, 9.17) is 37.9 Å². The third kappa shape index (κ3) is 29.7. The van der Waals surface area contributed by atoms with E-state index in [1.54, 1.807) is 0 Å². The molecule has 8 heteroatoms. The van der Waals surface area contributed by atoms with Gasteiger partial charge in [-0.3, -0.25) is 0 Å². The number of hydrogen-bond donors (Lipinski definition) is 0. The fraction of sp³-hybridized carbons (Fsp3) is 1.00. The predicted octanol–water partition coefficient (Wildman–Crippen LogP) is 3.50. The molecule has 0 aromatic rings. The molecular weight excluding hydrogens is 416 g/mol. The summed E-state index contributed by atoms with van der Waals surface area (Å²) in [5.41, 5.74) is 0. The van der Waals surface area contributed by atoms with E-state index in [0.717, 1.165) is 13.0 Å². The molecule has 0 aliphatic carbocycles. The minimum atomic E-state index is 0.244. The zero-order chi connectivity index (χ0) is 23.4. The van der Waals surface area contributed by atoms with Crippen molar-refractivity contribution in [2.75, 3.05) is 99.1 Å². The molecule has 0 aliphatic rings. The van der Waals surface area contributed by atoms with E-state index >= 15 is 0 Å². The highest BCUT2D eigenvalue weighted by molar-refractivity contribution is 4.42. The Balaban J connectivity index is 3.00. The first kappa shape index (κ1) is 31.7. The second kappa shape index (κ2) is 28.7. The molecule has 0 fully saturated rings. The van der Waals surface area contributed by atoms with Crippen molar-refractivity contribution in [2.24, 2.45) is 0 Å². The maximum Gasteiger partial charge on any atom is 0.0703 e. The summed E-state index contributed by atoms with van der Waals surface area (Å²) >= 11 is 0. The van der Waals surface area contributed by atoms with Gasteiger partial charge in [0, 0.05) is 6.61 Å². The van der Waals surface area contributed by atoms with Crippen LogP contribution in [0, 0.1) is 0 Å². The largest absolute Gasteiger partial charge is 0.379 e. The SMILES string of the molecule is CCCCCCCOCCOCCOCCOCCOCCOCCOCCOC(C)C. The molecule has 0 spiro atoms. The van der Waals surface area contributed by atoms with Crippen molar-refractivity contribution in [1.82, 2.24) is 0 Å². The van der Waals surface area contributed by atoms with Crippen LogP contribution in [0.5, 0.6) is 0 Å². The van der Waals surface area contributed by atoms with E-state index < -0.39 is 0 Å². The van der Waals surface area contributed by atoms with Gasteiger partial charge >= 0.3 is 0 Å². The quantitative estimate of drug-likeness (QED) is 0.162. The second-order valence-electron chi connectivity index (χ2n) is 7.62. The molecule has 0 unspecified atom stereocenters. The van der Waals surface area contributed by atoms with Crippen LogP contribution in [0.25, 0.3) is 0 Å². The van der Waals surface area contributed by atoms with Gasteiger partial charge in [0.05, 0.1) is 98.6 Å². The number of rotatable bonds is 28. The van der Waals surface area contributed by atoms with E-state index in [2.05, 4.69) is 6.92 Å². The average Bonchev–Trinajstić information content (AvgIpc) is 2.78. The minimum Gasteiger partial charge on any atom is -0.379 e. The number of unbranched alkanes of at least 4 members (excludes halogenated alkanes) is 4. The van der Waals surface area contributed by atoms with Crippen molar-refractivity contribution < 1.29 is 37.9 Å². The Morgan fingerprint density at radius 2 is 0.688 bits per heavy atom. The lowest BCUT2D eigenvalue weighted by Crippen LogP contribution is -2.15. The molecule has 0 amide bonds. The first-order chi connectivity index (χ1) is 15.8. The molecule has 8 nitrogen and oxygen atoms in total. The molecule has 0 aromatic heterocycles. The van der Waals surface area contributed by atoms with Crippen molar-refractivity contribution in [3.8, 4) is 0 Å². The zero-order valence-electron chi connectivity index (χ0n) is 21.0. The standard InChI is InChI=1S/C24H50O8/c1-4-5-6-7-8-9-25-10-11-26-12-13-27-14-15-28-16-17-29-18-19-30-20-21-31-22-23-32-24(2)3/h24H,4-23H2,1-3H3. The molecular formula is C24H50O8. The molecule has 0 radical (unpaired) electrons. The van der Waals surface area contributed by atoms with Crippen LogP contribution in [-0.4, -0.2) is 105 Å². The summed E-state index contributed by atoms with van der Waals surface area (Å²) in [5, 5.41) is 0. The van der Waals surface area contributed by atoms with Crippen LogP contribution in [0.15, 0.2) is 0 Å². The molecule has 194 valence electrons. The second-order valence-corrected chi connectivity index (χ2v) is 7.62. The highest BCUT2D eigenvalue weighted by atomic mass is 16.6. The van der Waals surface area contributed by atoms with Crippen LogP contribution in [0.3, 0.4) is 0 Å². The van der Waals surface area contributed by atoms with Crippen LogP contribution in [0.4, 0.5) is 0 Å². The molecule has 0 bridgehead atoms. The molecule has 0 heterocycles. The normalized spacial score (nSPS) is 11.6. The highest BCUT2D eigenvalue weighted by Gasteiger charge is 1.96. The van der Waals surface area contributed by atoms with Crippen molar-refractivity contribution in [1.29, 1.82) is 0 Å². The van der Waals surface area contributed by atoms with Crippen LogP contribution in [-0.2, 0) is 37.9 Å². The van der Waals surface area contributed by atoms with Crippen LogP contribution in [0.2, 0.25) is 0 Å². The summed E-state index contributed by atoms with van der Waals surface area (Å²) in [6.07, 6.45) is 6.56. The van der Waals surface area contributed by atoms with Gasteiger partial charge in [-0.2, -0.15) is 0 Å². The maximum absolute atomic E-state index is 5.54. The van der Waals surface area contributed by atoms with Gasteiger partial charge in [-0.15, -0.1) is 0 Å². The third-order valence-electron chi connectivity index (χ3n) is 4.30. The van der Waals surface area contributed by atoms with Gasteiger partial charge in [0.15, 0.2) is 0 Å². The molecule has 0 aliphatic heterocycles. The molecule has 0 N–H and O–H groups in total. The summed E-state index contributed by atoms with van der Waals surface area (Å²) < 4.78 is 43.6. The van der Waals surface area contributed by atoms with E-state index in [0.29, 0.717) is 92.5 Å². The zero-order valence-corrected chi connectivity index (χ0v) is 21.0. The lowest BCUT2D eigenvalue weighted by molar-refractivity contribution is -0.0256. The Morgan fingerprint density at radius 1 is 0.375 bits per heavy atom. The molecule has 32 heavy (non-hydrogen) atoms. The molecule has 0 saturated carbocycles. The van der Waals surface area contributed by atoms with Crippen LogP contribution < -0.4 is 0 Å². The molecule has 0 rings (SSSR count). The average molecular weight is 467 g/mol. The van der Waals surface area contributed by atoms with E-state index in [9.17, 15) is 0 Å². The Bertz CT molecular complexity index is 331. The smallest absolute Gasteiger partial charge is 0.0703 e. The highest BCUT2D eigenvalue weighted by Crippen LogP contribution is 2.02. The maximum atomic E-state index is 5.54. The van der Waals surface area contributed by atoms with E-state index in [1.165, 1.54) is 25.7 Å². The fourth-order valence-corrected chi connectivity index (χ4v) is 2.57. The van der Waals surface area contributed by atoms with E-state index in [1.807, 2.05) is 13.8 Å². The molecule has 0 atom stereocenters. The monoisotopic (exact) mass is 466 g/mol. The molecule has 0 saturated heterocycles. The Labute approximate surface area is 196 Å². The fourth-order valence-electron chi connectivity index (χ4n) is 2.57. The Kier molecular flexibility index (Phi) is 28.4. The van der Waals surface area contributed by atoms with Gasteiger partial charge in [0.25, 0.3) is 0 Å². The Morgan fingerprint density at radius 3 is 1.03 bits per heavy atom. The summed E-state index contributed by atoms with van der Waals surface area (Å²) in [5.74, 6) is 0. The van der Waals surface area contributed by atoms with Gasteiger partial charge in [0.2, 0.25) is 0 Å². The molecule has 0 aromatic carbocycles. The van der Waals surface area contributed by atoms with Crippen molar-refractivity contribution in [3.63, 3.8) is 0 Å². The lowest BCUT2D eigenvalue weighted by atomic mass is 10.2. The van der Waals surface area contributed by atoms with Gasteiger partial charge in [-0.05, 0) is 20.3 Å². The Hall–Kier alpha value is -0.320. The van der Waals surface area contributed by atoms with Crippen molar-refractivity contribution >= 4 is 0 Å². The lowest BCUT2D eigenvalue weighted by Gasteiger charge is -2.09. The first-order valence-electron chi connectivity index (χ1n) is 12.4. The van der Waals surface area contributed by atoms with Gasteiger partial charge in [0.1, 0.15) is 0 Å². The van der Waals surface area contributed by atoms with Gasteiger partial charge in [-0.1, -0.05) is 32.6 Å². The predicted molar refractivity (Wildman–Crippen MR) is 126 cm³/mol. The number of ether oxygens (including phenoxy) is 8. The summed E-state index contributed by atoms with van der Waals surface area (Å²) in [6.45, 7) is 15.2. The van der Waals surface area contributed by atoms with Gasteiger partial charge < -0.3 is 37.9 Å². The summed E-state index contributed by atoms with van der Waals surface area (Å²) in [4.78, 5) is 0. The topological polar surface area (TPSA) is 73.8 Å². The van der Waals surface area contributed by atoms with Gasteiger partial charge in [-0.25, -0.2) is 0 Å². The first-order valence-corrected chi connectivity index (χ1v) is 12.4. The van der Waals surface area contributed by atoms with Crippen LogP contribution in [0.1, 0.15) is 52.9 Å². The van der Waals surface area contributed by atoms with Crippen LogP contribution >= 0.6 is 0 Å². The number of hydrogen-bond acceptors (Lipinski definition) is 8. The van der Waals surface area contributed by atoms with E-state index in [-0.39, 0.29) is 6.10 Å². The summed E-state index contributed by atoms with van der Waals surface area (Å²) in [7, 11) is 0. The van der Waals surface area contributed by atoms with Crippen molar-refractivity contribution in [3.05, 3.63) is 0 Å². The van der Waals surface area contributed by atoms with Crippen molar-refractivity contribution in [2.45, 2.75) is 59.0 Å². The third-order valence-corrected chi connectivity index (χ3v) is 4.30.